The molecule has 3 rings (SSSR count). The van der Waals surface area contributed by atoms with E-state index in [1.807, 2.05) is 18.2 Å². The molecule has 1 aromatic carbocycles. The number of aliphatic hydroxyl groups is 1. The maximum atomic E-state index is 9.19. The van der Waals surface area contributed by atoms with Crippen molar-refractivity contribution in [1.82, 2.24) is 15.0 Å². The predicted molar refractivity (Wildman–Crippen MR) is 73.9 cm³/mol. The maximum Gasteiger partial charge on any atom is 0.240 e. The molecule has 5 heteroatoms. The van der Waals surface area contributed by atoms with Crippen molar-refractivity contribution < 1.29 is 9.63 Å². The molecule has 5 nitrogen and oxygen atoms in total. The lowest BCUT2D eigenvalue weighted by Gasteiger charge is -2.19. The zero-order chi connectivity index (χ0) is 13.8. The van der Waals surface area contributed by atoms with E-state index >= 15 is 0 Å². The summed E-state index contributed by atoms with van der Waals surface area (Å²) in [4.78, 5) is 6.55. The van der Waals surface area contributed by atoms with Gasteiger partial charge >= 0.3 is 0 Å². The molecule has 1 saturated carbocycles. The first-order valence-corrected chi connectivity index (χ1v) is 7.05. The van der Waals surface area contributed by atoms with E-state index in [1.54, 1.807) is 0 Å². The van der Waals surface area contributed by atoms with Crippen LogP contribution in [0.1, 0.15) is 36.0 Å². The fourth-order valence-corrected chi connectivity index (χ4v) is 2.23. The molecule has 0 aliphatic heterocycles. The summed E-state index contributed by atoms with van der Waals surface area (Å²) >= 11 is 0. The molecule has 0 saturated heterocycles. The molecule has 1 aliphatic carbocycles. The molecular weight excluding hydrogens is 254 g/mol. The third kappa shape index (κ3) is 3.43. The van der Waals surface area contributed by atoms with Crippen molar-refractivity contribution in [3.63, 3.8) is 0 Å². The molecule has 106 valence electrons. The molecule has 1 heterocycles. The Labute approximate surface area is 118 Å². The van der Waals surface area contributed by atoms with Crippen LogP contribution in [0.3, 0.4) is 0 Å². The van der Waals surface area contributed by atoms with Crippen LogP contribution in [0.15, 0.2) is 34.9 Å². The van der Waals surface area contributed by atoms with Crippen LogP contribution in [-0.2, 0) is 13.1 Å². The van der Waals surface area contributed by atoms with Crippen molar-refractivity contribution >= 4 is 0 Å². The number of hydrogen-bond acceptors (Lipinski definition) is 5. The second-order valence-electron chi connectivity index (χ2n) is 5.24. The molecule has 0 spiro atoms. The Morgan fingerprint density at radius 2 is 2.00 bits per heavy atom. The van der Waals surface area contributed by atoms with Gasteiger partial charge < -0.3 is 9.63 Å². The molecule has 1 aliphatic rings. The molecule has 0 radical (unpaired) electrons. The zero-order valence-corrected chi connectivity index (χ0v) is 11.4. The van der Waals surface area contributed by atoms with Crippen molar-refractivity contribution in [1.29, 1.82) is 0 Å². The monoisotopic (exact) mass is 273 g/mol. The van der Waals surface area contributed by atoms with E-state index in [4.69, 9.17) is 4.52 Å². The number of benzene rings is 1. The SMILES string of the molecule is OCCN(Cc1ccccc1)Cc1nc(C2CC2)no1. The predicted octanol–water partition coefficient (Wildman–Crippen LogP) is 1.94. The van der Waals surface area contributed by atoms with Gasteiger partial charge in [-0.25, -0.2) is 0 Å². The normalized spacial score (nSPS) is 14.9. The van der Waals surface area contributed by atoms with Crippen LogP contribution in [0.25, 0.3) is 0 Å². The van der Waals surface area contributed by atoms with Crippen molar-refractivity contribution in [2.75, 3.05) is 13.2 Å². The van der Waals surface area contributed by atoms with Gasteiger partial charge in [0.2, 0.25) is 5.89 Å². The molecule has 0 amide bonds. The second kappa shape index (κ2) is 6.15. The number of hydrogen-bond donors (Lipinski definition) is 1. The Bertz CT molecular complexity index is 537. The molecule has 1 fully saturated rings. The molecule has 0 atom stereocenters. The second-order valence-corrected chi connectivity index (χ2v) is 5.24. The van der Waals surface area contributed by atoms with Gasteiger partial charge in [0, 0.05) is 19.0 Å². The first kappa shape index (κ1) is 13.3. The van der Waals surface area contributed by atoms with E-state index in [2.05, 4.69) is 27.2 Å². The van der Waals surface area contributed by atoms with E-state index < -0.39 is 0 Å². The van der Waals surface area contributed by atoms with Crippen LogP contribution in [0, 0.1) is 0 Å². The summed E-state index contributed by atoms with van der Waals surface area (Å²) in [5, 5.41) is 13.2. The minimum atomic E-state index is 0.121. The highest BCUT2D eigenvalue weighted by molar-refractivity contribution is 5.14. The molecular formula is C15H19N3O2. The minimum absolute atomic E-state index is 0.121. The Kier molecular flexibility index (Phi) is 4.08. The summed E-state index contributed by atoms with van der Waals surface area (Å²) in [6.45, 7) is 2.06. The molecule has 0 unspecified atom stereocenters. The third-order valence-corrected chi connectivity index (χ3v) is 3.45. The Balaban J connectivity index is 1.63. The van der Waals surface area contributed by atoms with Gasteiger partial charge in [-0.2, -0.15) is 4.98 Å². The highest BCUT2D eigenvalue weighted by Gasteiger charge is 2.28. The lowest BCUT2D eigenvalue weighted by atomic mass is 10.2. The van der Waals surface area contributed by atoms with Crippen molar-refractivity contribution in [3.05, 3.63) is 47.6 Å². The van der Waals surface area contributed by atoms with Gasteiger partial charge in [-0.05, 0) is 18.4 Å². The smallest absolute Gasteiger partial charge is 0.240 e. The standard InChI is InChI=1S/C15H19N3O2/c19-9-8-18(10-12-4-2-1-3-5-12)11-14-16-15(17-20-14)13-6-7-13/h1-5,13,19H,6-11H2. The first-order valence-electron chi connectivity index (χ1n) is 7.05. The first-order chi connectivity index (χ1) is 9.85. The summed E-state index contributed by atoms with van der Waals surface area (Å²) in [7, 11) is 0. The number of rotatable bonds is 7. The average molecular weight is 273 g/mol. The van der Waals surface area contributed by atoms with Crippen LogP contribution in [0.5, 0.6) is 0 Å². The van der Waals surface area contributed by atoms with Gasteiger partial charge in [-0.3, -0.25) is 4.90 Å². The summed E-state index contributed by atoms with van der Waals surface area (Å²) in [6.07, 6.45) is 2.34. The Morgan fingerprint density at radius 1 is 1.20 bits per heavy atom. The van der Waals surface area contributed by atoms with Gasteiger partial charge in [-0.15, -0.1) is 0 Å². The number of aliphatic hydroxyl groups excluding tert-OH is 1. The largest absolute Gasteiger partial charge is 0.395 e. The highest BCUT2D eigenvalue weighted by atomic mass is 16.5. The van der Waals surface area contributed by atoms with E-state index in [1.165, 1.54) is 18.4 Å². The zero-order valence-electron chi connectivity index (χ0n) is 11.4. The summed E-state index contributed by atoms with van der Waals surface area (Å²) in [5.74, 6) is 1.98. The van der Waals surface area contributed by atoms with Crippen LogP contribution in [0.4, 0.5) is 0 Å². The number of nitrogens with zero attached hydrogens (tertiary/aromatic N) is 3. The molecule has 2 aromatic rings. The van der Waals surface area contributed by atoms with Crippen LogP contribution >= 0.6 is 0 Å². The van der Waals surface area contributed by atoms with E-state index in [0.29, 0.717) is 24.9 Å². The van der Waals surface area contributed by atoms with Gasteiger partial charge in [0.05, 0.1) is 13.2 Å². The van der Waals surface area contributed by atoms with E-state index in [-0.39, 0.29) is 6.61 Å². The highest BCUT2D eigenvalue weighted by Crippen LogP contribution is 2.38. The Morgan fingerprint density at radius 3 is 2.70 bits per heavy atom. The lowest BCUT2D eigenvalue weighted by molar-refractivity contribution is 0.167. The number of aromatic nitrogens is 2. The minimum Gasteiger partial charge on any atom is -0.395 e. The lowest BCUT2D eigenvalue weighted by Crippen LogP contribution is -2.26. The van der Waals surface area contributed by atoms with Gasteiger partial charge in [0.1, 0.15) is 0 Å². The maximum absolute atomic E-state index is 9.19. The van der Waals surface area contributed by atoms with Gasteiger partial charge in [0.15, 0.2) is 5.82 Å². The van der Waals surface area contributed by atoms with Crippen LogP contribution in [-0.4, -0.2) is 33.3 Å². The topological polar surface area (TPSA) is 62.4 Å². The van der Waals surface area contributed by atoms with Gasteiger partial charge in [-0.1, -0.05) is 35.5 Å². The van der Waals surface area contributed by atoms with Crippen molar-refractivity contribution in [2.45, 2.75) is 31.8 Å². The summed E-state index contributed by atoms with van der Waals surface area (Å²) in [6, 6.07) is 10.2. The third-order valence-electron chi connectivity index (χ3n) is 3.45. The quantitative estimate of drug-likeness (QED) is 0.835. The molecule has 1 N–H and O–H groups in total. The van der Waals surface area contributed by atoms with Crippen LogP contribution < -0.4 is 0 Å². The Hall–Kier alpha value is -1.72. The fourth-order valence-electron chi connectivity index (χ4n) is 2.23. The molecule has 20 heavy (non-hydrogen) atoms. The van der Waals surface area contributed by atoms with Crippen molar-refractivity contribution in [3.8, 4) is 0 Å². The summed E-state index contributed by atoms with van der Waals surface area (Å²) < 4.78 is 5.30. The average Bonchev–Trinajstić information content (AvgIpc) is 3.21. The van der Waals surface area contributed by atoms with E-state index in [0.717, 1.165) is 12.4 Å². The van der Waals surface area contributed by atoms with Crippen LogP contribution in [0.2, 0.25) is 0 Å². The molecule has 0 bridgehead atoms. The molecule has 1 aromatic heterocycles. The fraction of sp³-hybridized carbons (Fsp3) is 0.467. The van der Waals surface area contributed by atoms with Gasteiger partial charge in [0.25, 0.3) is 0 Å². The van der Waals surface area contributed by atoms with E-state index in [9.17, 15) is 5.11 Å². The summed E-state index contributed by atoms with van der Waals surface area (Å²) in [5.41, 5.74) is 1.21. The van der Waals surface area contributed by atoms with Crippen molar-refractivity contribution in [2.24, 2.45) is 0 Å².